The first-order valence-electron chi connectivity index (χ1n) is 7.09. The Balaban J connectivity index is 2.09. The van der Waals surface area contributed by atoms with Crippen LogP contribution in [0.1, 0.15) is 25.0 Å². The zero-order valence-electron chi connectivity index (χ0n) is 12.3. The number of carboxylic acids is 1. The van der Waals surface area contributed by atoms with Crippen LogP contribution in [-0.2, 0) is 16.1 Å². The van der Waals surface area contributed by atoms with Crippen LogP contribution in [0.15, 0.2) is 24.9 Å². The summed E-state index contributed by atoms with van der Waals surface area (Å²) < 4.78 is 1.63. The second-order valence-electron chi connectivity index (χ2n) is 5.63. The van der Waals surface area contributed by atoms with Crippen LogP contribution >= 0.6 is 0 Å². The van der Waals surface area contributed by atoms with E-state index in [1.807, 2.05) is 13.0 Å². The summed E-state index contributed by atoms with van der Waals surface area (Å²) in [4.78, 5) is 25.6. The molecule has 1 aliphatic heterocycles. The number of nitrogens with zero attached hydrogens (tertiary/aromatic N) is 3. The summed E-state index contributed by atoms with van der Waals surface area (Å²) in [6, 6.07) is 1.84. The van der Waals surface area contributed by atoms with Crippen LogP contribution in [0.25, 0.3) is 0 Å². The van der Waals surface area contributed by atoms with E-state index in [-0.39, 0.29) is 19.0 Å². The number of aromatic nitrogens is 2. The van der Waals surface area contributed by atoms with Gasteiger partial charge in [-0.05, 0) is 32.3 Å². The molecular formula is C15H21N3O3. The van der Waals surface area contributed by atoms with Gasteiger partial charge in [0.2, 0.25) is 5.91 Å². The summed E-state index contributed by atoms with van der Waals surface area (Å²) >= 11 is 0. The summed E-state index contributed by atoms with van der Waals surface area (Å²) in [6.07, 6.45) is 4.94. The lowest BCUT2D eigenvalue weighted by molar-refractivity contribution is -0.154. The fraction of sp³-hybridized carbons (Fsp3) is 0.533. The van der Waals surface area contributed by atoms with Crippen LogP contribution in [0.2, 0.25) is 0 Å². The van der Waals surface area contributed by atoms with E-state index >= 15 is 0 Å². The number of hydrogen-bond acceptors (Lipinski definition) is 3. The highest BCUT2D eigenvalue weighted by Crippen LogP contribution is 2.34. The van der Waals surface area contributed by atoms with E-state index < -0.39 is 11.4 Å². The van der Waals surface area contributed by atoms with Crippen molar-refractivity contribution in [1.29, 1.82) is 0 Å². The number of carboxylic acid groups (broad SMARTS) is 1. The summed E-state index contributed by atoms with van der Waals surface area (Å²) in [7, 11) is 0. The number of carbonyl (C=O) groups excluding carboxylic acids is 1. The van der Waals surface area contributed by atoms with Gasteiger partial charge in [0.25, 0.3) is 0 Å². The maximum absolute atomic E-state index is 12.4. The quantitative estimate of drug-likeness (QED) is 0.833. The minimum atomic E-state index is -0.894. The standard InChI is InChI=1S/C15H21N3O3/c1-3-6-15(14(20)21)7-4-9-17(11-15)13(19)10-18-12(2)5-8-16-18/h3,5,8H,1,4,6-7,9-11H2,2H3,(H,20,21)/t15-/m0/s1. The molecule has 6 nitrogen and oxygen atoms in total. The number of aliphatic carboxylic acids is 1. The average molecular weight is 291 g/mol. The highest BCUT2D eigenvalue weighted by Gasteiger charge is 2.42. The molecule has 1 aliphatic rings. The third-order valence-corrected chi connectivity index (χ3v) is 4.13. The van der Waals surface area contributed by atoms with E-state index in [1.54, 1.807) is 21.9 Å². The molecule has 6 heteroatoms. The van der Waals surface area contributed by atoms with Gasteiger partial charge in [0, 0.05) is 25.0 Å². The molecule has 0 unspecified atom stereocenters. The van der Waals surface area contributed by atoms with Crippen molar-refractivity contribution in [2.75, 3.05) is 13.1 Å². The van der Waals surface area contributed by atoms with Crippen molar-refractivity contribution >= 4 is 11.9 Å². The van der Waals surface area contributed by atoms with Gasteiger partial charge in [-0.15, -0.1) is 6.58 Å². The molecule has 114 valence electrons. The Morgan fingerprint density at radius 1 is 1.57 bits per heavy atom. The number of aryl methyl sites for hydroxylation is 1. The molecule has 2 heterocycles. The second kappa shape index (κ2) is 6.11. The second-order valence-corrected chi connectivity index (χ2v) is 5.63. The smallest absolute Gasteiger partial charge is 0.311 e. The number of allylic oxidation sites excluding steroid dienone is 1. The molecule has 1 fully saturated rings. The zero-order valence-corrected chi connectivity index (χ0v) is 12.3. The largest absolute Gasteiger partial charge is 0.481 e. The molecule has 1 atom stereocenters. The molecule has 21 heavy (non-hydrogen) atoms. The average Bonchev–Trinajstić information content (AvgIpc) is 2.84. The SMILES string of the molecule is C=CC[C@]1(C(=O)O)CCCN(C(=O)Cn2nccc2C)C1. The number of likely N-dealkylation sites (tertiary alicyclic amines) is 1. The van der Waals surface area contributed by atoms with E-state index in [2.05, 4.69) is 11.7 Å². The molecule has 2 rings (SSSR count). The number of carbonyl (C=O) groups is 2. The Hall–Kier alpha value is -2.11. The Morgan fingerprint density at radius 3 is 2.90 bits per heavy atom. The number of hydrogen-bond donors (Lipinski definition) is 1. The number of rotatable bonds is 5. The first-order valence-corrected chi connectivity index (χ1v) is 7.09. The first-order chi connectivity index (χ1) is 9.98. The van der Waals surface area contributed by atoms with Crippen LogP contribution in [0.5, 0.6) is 0 Å². The maximum Gasteiger partial charge on any atom is 0.311 e. The van der Waals surface area contributed by atoms with Crippen LogP contribution < -0.4 is 0 Å². The summed E-state index contributed by atoms with van der Waals surface area (Å²) in [5, 5.41) is 13.6. The van der Waals surface area contributed by atoms with Gasteiger partial charge in [0.1, 0.15) is 6.54 Å². The predicted octanol–water partition coefficient (Wildman–Crippen LogP) is 1.46. The Labute approximate surface area is 124 Å². The monoisotopic (exact) mass is 291 g/mol. The van der Waals surface area contributed by atoms with E-state index in [9.17, 15) is 14.7 Å². The van der Waals surface area contributed by atoms with Crippen LogP contribution in [0, 0.1) is 12.3 Å². The van der Waals surface area contributed by atoms with Gasteiger partial charge < -0.3 is 10.0 Å². The highest BCUT2D eigenvalue weighted by atomic mass is 16.4. The zero-order chi connectivity index (χ0) is 15.5. The molecule has 0 radical (unpaired) electrons. The molecule has 1 saturated heterocycles. The fourth-order valence-corrected chi connectivity index (χ4v) is 2.84. The van der Waals surface area contributed by atoms with Crippen LogP contribution in [0.3, 0.4) is 0 Å². The van der Waals surface area contributed by atoms with Gasteiger partial charge >= 0.3 is 5.97 Å². The van der Waals surface area contributed by atoms with E-state index in [0.29, 0.717) is 25.8 Å². The lowest BCUT2D eigenvalue weighted by Crippen LogP contribution is -2.50. The highest BCUT2D eigenvalue weighted by molar-refractivity contribution is 5.79. The van der Waals surface area contributed by atoms with Crippen molar-refractivity contribution in [2.24, 2.45) is 5.41 Å². The van der Waals surface area contributed by atoms with Crippen LogP contribution in [0.4, 0.5) is 0 Å². The third kappa shape index (κ3) is 3.15. The van der Waals surface area contributed by atoms with Crippen molar-refractivity contribution in [3.63, 3.8) is 0 Å². The van der Waals surface area contributed by atoms with E-state index in [1.165, 1.54) is 0 Å². The van der Waals surface area contributed by atoms with Gasteiger partial charge in [-0.25, -0.2) is 0 Å². The predicted molar refractivity (Wildman–Crippen MR) is 77.7 cm³/mol. The lowest BCUT2D eigenvalue weighted by Gasteiger charge is -2.39. The molecular weight excluding hydrogens is 270 g/mol. The number of amides is 1. The summed E-state index contributed by atoms with van der Waals surface area (Å²) in [5.41, 5.74) is 0.0189. The molecule has 1 aromatic heterocycles. The molecule has 1 amide bonds. The van der Waals surface area contributed by atoms with Gasteiger partial charge in [-0.3, -0.25) is 14.3 Å². The molecule has 0 saturated carbocycles. The Bertz CT molecular complexity index is 552. The van der Waals surface area contributed by atoms with Gasteiger partial charge in [-0.2, -0.15) is 5.10 Å². The van der Waals surface area contributed by atoms with Gasteiger partial charge in [-0.1, -0.05) is 6.08 Å². The number of piperidine rings is 1. The summed E-state index contributed by atoms with van der Waals surface area (Å²) in [5.74, 6) is -0.939. The normalized spacial score (nSPS) is 22.0. The topological polar surface area (TPSA) is 75.4 Å². The maximum atomic E-state index is 12.4. The van der Waals surface area contributed by atoms with Crippen LogP contribution in [-0.4, -0.2) is 44.8 Å². The van der Waals surface area contributed by atoms with Crippen molar-refractivity contribution < 1.29 is 14.7 Å². The molecule has 0 aromatic carbocycles. The van der Waals surface area contributed by atoms with Crippen molar-refractivity contribution in [1.82, 2.24) is 14.7 Å². The summed E-state index contributed by atoms with van der Waals surface area (Å²) in [6.45, 7) is 6.53. The minimum absolute atomic E-state index is 0.0869. The van der Waals surface area contributed by atoms with Crippen molar-refractivity contribution in [3.8, 4) is 0 Å². The Kier molecular flexibility index (Phi) is 4.45. The molecule has 1 aromatic rings. The molecule has 0 aliphatic carbocycles. The van der Waals surface area contributed by atoms with E-state index in [4.69, 9.17) is 0 Å². The van der Waals surface area contributed by atoms with Crippen molar-refractivity contribution in [2.45, 2.75) is 32.7 Å². The lowest BCUT2D eigenvalue weighted by atomic mass is 9.77. The van der Waals surface area contributed by atoms with Crippen molar-refractivity contribution in [3.05, 3.63) is 30.6 Å². The fourth-order valence-electron chi connectivity index (χ4n) is 2.84. The third-order valence-electron chi connectivity index (χ3n) is 4.13. The first kappa shape index (κ1) is 15.3. The molecule has 0 spiro atoms. The van der Waals surface area contributed by atoms with Gasteiger partial charge in [0.15, 0.2) is 0 Å². The minimum Gasteiger partial charge on any atom is -0.481 e. The van der Waals surface area contributed by atoms with Gasteiger partial charge in [0.05, 0.1) is 5.41 Å². The molecule has 0 bridgehead atoms. The Morgan fingerprint density at radius 2 is 2.33 bits per heavy atom. The molecule has 1 N–H and O–H groups in total. The van der Waals surface area contributed by atoms with E-state index in [0.717, 1.165) is 5.69 Å².